The summed E-state index contributed by atoms with van der Waals surface area (Å²) in [6, 6.07) is 6.34. The molecule has 0 fully saturated rings. The van der Waals surface area contributed by atoms with E-state index >= 15 is 0 Å². The number of hydrogen-bond acceptors (Lipinski definition) is 3. The van der Waals surface area contributed by atoms with Crippen LogP contribution >= 0.6 is 0 Å². The van der Waals surface area contributed by atoms with Crippen molar-refractivity contribution in [2.75, 3.05) is 21.3 Å². The summed E-state index contributed by atoms with van der Waals surface area (Å²) in [5.74, 6) is 1.54. The van der Waals surface area contributed by atoms with Crippen molar-refractivity contribution in [2.24, 2.45) is 5.41 Å². The van der Waals surface area contributed by atoms with Crippen LogP contribution in [0, 0.1) is 5.41 Å². The Balaban J connectivity index is 3.14. The molecule has 0 bridgehead atoms. The first kappa shape index (κ1) is 13.8. The van der Waals surface area contributed by atoms with Gasteiger partial charge >= 0.3 is 0 Å². The van der Waals surface area contributed by atoms with Crippen molar-refractivity contribution in [1.29, 1.82) is 0 Å². The average Bonchev–Trinajstić information content (AvgIpc) is 2.27. The van der Waals surface area contributed by atoms with E-state index in [1.165, 1.54) is 5.56 Å². The first-order valence-corrected chi connectivity index (χ1v) is 5.83. The van der Waals surface area contributed by atoms with Gasteiger partial charge in [-0.25, -0.2) is 0 Å². The lowest BCUT2D eigenvalue weighted by Gasteiger charge is -2.31. The molecule has 0 saturated heterocycles. The maximum Gasteiger partial charge on any atom is 0.161 e. The van der Waals surface area contributed by atoms with Crippen molar-refractivity contribution in [3.63, 3.8) is 0 Å². The summed E-state index contributed by atoms with van der Waals surface area (Å²) in [5, 5.41) is 3.35. The van der Waals surface area contributed by atoms with E-state index in [4.69, 9.17) is 9.47 Å². The van der Waals surface area contributed by atoms with E-state index in [-0.39, 0.29) is 11.5 Å². The van der Waals surface area contributed by atoms with Crippen LogP contribution in [0.4, 0.5) is 0 Å². The minimum absolute atomic E-state index is 0.147. The van der Waals surface area contributed by atoms with Gasteiger partial charge in [-0.2, -0.15) is 0 Å². The van der Waals surface area contributed by atoms with Crippen molar-refractivity contribution in [2.45, 2.75) is 26.8 Å². The fourth-order valence-corrected chi connectivity index (χ4v) is 2.13. The van der Waals surface area contributed by atoms with Gasteiger partial charge in [-0.05, 0) is 30.2 Å². The van der Waals surface area contributed by atoms with Crippen molar-refractivity contribution in [3.8, 4) is 11.5 Å². The SMILES string of the molecule is CNC(c1ccc(OC)c(OC)c1)C(C)(C)C. The zero-order valence-electron chi connectivity index (χ0n) is 11.6. The van der Waals surface area contributed by atoms with Gasteiger partial charge < -0.3 is 14.8 Å². The normalized spacial score (nSPS) is 13.3. The Kier molecular flexibility index (Phi) is 4.40. The molecule has 0 aliphatic heterocycles. The highest BCUT2D eigenvalue weighted by molar-refractivity contribution is 5.44. The Bertz CT molecular complexity index is 369. The molecule has 0 aromatic heterocycles. The largest absolute Gasteiger partial charge is 0.493 e. The Morgan fingerprint density at radius 2 is 1.65 bits per heavy atom. The van der Waals surface area contributed by atoms with Gasteiger partial charge in [-0.15, -0.1) is 0 Å². The monoisotopic (exact) mass is 237 g/mol. The Morgan fingerprint density at radius 1 is 1.06 bits per heavy atom. The molecule has 1 unspecified atom stereocenters. The number of benzene rings is 1. The number of rotatable bonds is 4. The zero-order chi connectivity index (χ0) is 13.1. The van der Waals surface area contributed by atoms with Crippen molar-refractivity contribution < 1.29 is 9.47 Å². The standard InChI is InChI=1S/C14H23NO2/c1-14(2,3)13(15-4)10-7-8-11(16-5)12(9-10)17-6/h7-9,13,15H,1-6H3. The predicted octanol–water partition coefficient (Wildman–Crippen LogP) is 3.01. The molecule has 1 aromatic carbocycles. The molecular weight excluding hydrogens is 214 g/mol. The van der Waals surface area contributed by atoms with Crippen LogP contribution in [-0.2, 0) is 0 Å². The van der Waals surface area contributed by atoms with Gasteiger partial charge in [0, 0.05) is 6.04 Å². The van der Waals surface area contributed by atoms with Crippen LogP contribution in [0.25, 0.3) is 0 Å². The van der Waals surface area contributed by atoms with Gasteiger partial charge in [-0.3, -0.25) is 0 Å². The molecule has 96 valence electrons. The number of ether oxygens (including phenoxy) is 2. The minimum Gasteiger partial charge on any atom is -0.493 e. The molecule has 0 heterocycles. The third kappa shape index (κ3) is 3.13. The summed E-state index contributed by atoms with van der Waals surface area (Å²) in [6.07, 6.45) is 0. The van der Waals surface area contributed by atoms with Gasteiger partial charge in [0.1, 0.15) is 0 Å². The molecule has 0 aliphatic carbocycles. The van der Waals surface area contributed by atoms with Gasteiger partial charge in [0.2, 0.25) is 0 Å². The Morgan fingerprint density at radius 3 is 2.06 bits per heavy atom. The molecule has 17 heavy (non-hydrogen) atoms. The maximum absolute atomic E-state index is 5.33. The first-order chi connectivity index (χ1) is 7.93. The molecule has 3 nitrogen and oxygen atoms in total. The molecule has 0 saturated carbocycles. The molecular formula is C14H23NO2. The van der Waals surface area contributed by atoms with Crippen LogP contribution in [0.3, 0.4) is 0 Å². The second kappa shape index (κ2) is 5.41. The first-order valence-electron chi connectivity index (χ1n) is 5.83. The Labute approximate surface area is 104 Å². The second-order valence-electron chi connectivity index (χ2n) is 5.20. The lowest BCUT2D eigenvalue weighted by Crippen LogP contribution is -2.29. The predicted molar refractivity (Wildman–Crippen MR) is 70.8 cm³/mol. The molecule has 0 spiro atoms. The molecule has 1 aromatic rings. The van der Waals surface area contributed by atoms with Gasteiger partial charge in [-0.1, -0.05) is 26.8 Å². The van der Waals surface area contributed by atoms with Crippen LogP contribution in [-0.4, -0.2) is 21.3 Å². The van der Waals surface area contributed by atoms with E-state index < -0.39 is 0 Å². The van der Waals surface area contributed by atoms with Crippen LogP contribution in [0.1, 0.15) is 32.4 Å². The highest BCUT2D eigenvalue weighted by Crippen LogP contribution is 2.36. The van der Waals surface area contributed by atoms with E-state index in [1.54, 1.807) is 14.2 Å². The van der Waals surface area contributed by atoms with Crippen LogP contribution < -0.4 is 14.8 Å². The fraction of sp³-hybridized carbons (Fsp3) is 0.571. The Hall–Kier alpha value is -1.22. The summed E-state index contributed by atoms with van der Waals surface area (Å²) in [7, 11) is 5.29. The molecule has 0 aliphatic rings. The lowest BCUT2D eigenvalue weighted by atomic mass is 9.82. The number of nitrogens with one attached hydrogen (secondary N) is 1. The number of methoxy groups -OCH3 is 2. The van der Waals surface area contributed by atoms with Crippen LogP contribution in [0.5, 0.6) is 11.5 Å². The van der Waals surface area contributed by atoms with Crippen molar-refractivity contribution in [3.05, 3.63) is 23.8 Å². The van der Waals surface area contributed by atoms with Crippen molar-refractivity contribution >= 4 is 0 Å². The summed E-state index contributed by atoms with van der Waals surface area (Å²) < 4.78 is 10.6. The summed E-state index contributed by atoms with van der Waals surface area (Å²) in [4.78, 5) is 0. The van der Waals surface area contributed by atoms with Gasteiger partial charge in [0.25, 0.3) is 0 Å². The van der Waals surface area contributed by atoms with Crippen LogP contribution in [0.15, 0.2) is 18.2 Å². The summed E-state index contributed by atoms with van der Waals surface area (Å²) in [6.45, 7) is 6.64. The topological polar surface area (TPSA) is 30.5 Å². The molecule has 1 N–H and O–H groups in total. The molecule has 0 amide bonds. The third-order valence-corrected chi connectivity index (χ3v) is 2.90. The number of hydrogen-bond donors (Lipinski definition) is 1. The van der Waals surface area contributed by atoms with E-state index in [0.717, 1.165) is 11.5 Å². The van der Waals surface area contributed by atoms with Crippen molar-refractivity contribution in [1.82, 2.24) is 5.32 Å². The van der Waals surface area contributed by atoms with E-state index in [1.807, 2.05) is 19.2 Å². The minimum atomic E-state index is 0.147. The van der Waals surface area contributed by atoms with E-state index in [0.29, 0.717) is 0 Å². The summed E-state index contributed by atoms with van der Waals surface area (Å²) in [5.41, 5.74) is 1.35. The van der Waals surface area contributed by atoms with E-state index in [2.05, 4.69) is 32.2 Å². The van der Waals surface area contributed by atoms with Crippen LogP contribution in [0.2, 0.25) is 0 Å². The third-order valence-electron chi connectivity index (χ3n) is 2.90. The van der Waals surface area contributed by atoms with Gasteiger partial charge in [0.15, 0.2) is 11.5 Å². The lowest BCUT2D eigenvalue weighted by molar-refractivity contribution is 0.285. The molecule has 3 heteroatoms. The van der Waals surface area contributed by atoms with Gasteiger partial charge in [0.05, 0.1) is 14.2 Å². The fourth-order valence-electron chi connectivity index (χ4n) is 2.13. The maximum atomic E-state index is 5.33. The van der Waals surface area contributed by atoms with E-state index in [9.17, 15) is 0 Å². The molecule has 1 rings (SSSR count). The summed E-state index contributed by atoms with van der Waals surface area (Å²) >= 11 is 0. The molecule has 0 radical (unpaired) electrons. The smallest absolute Gasteiger partial charge is 0.161 e. The zero-order valence-corrected chi connectivity index (χ0v) is 11.6. The second-order valence-corrected chi connectivity index (χ2v) is 5.20. The molecule has 1 atom stereocenters. The average molecular weight is 237 g/mol. The quantitative estimate of drug-likeness (QED) is 0.873. The highest BCUT2D eigenvalue weighted by atomic mass is 16.5. The highest BCUT2D eigenvalue weighted by Gasteiger charge is 2.25.